The molecule has 0 spiro atoms. The molecular weight excluding hydrogens is 206 g/mol. The maximum absolute atomic E-state index is 11.6. The molecule has 2 aromatic rings. The number of hydrogen-bond donors (Lipinski definition) is 1. The fourth-order valence-corrected chi connectivity index (χ4v) is 1.27. The van der Waals surface area contributed by atoms with E-state index < -0.39 is 0 Å². The van der Waals surface area contributed by atoms with Crippen molar-refractivity contribution in [3.63, 3.8) is 0 Å². The molecule has 1 N–H and O–H groups in total. The van der Waals surface area contributed by atoms with Crippen molar-refractivity contribution in [3.05, 3.63) is 65.0 Å². The van der Waals surface area contributed by atoms with Gasteiger partial charge in [-0.25, -0.2) is 0 Å². The van der Waals surface area contributed by atoms with Gasteiger partial charge in [0.15, 0.2) is 16.8 Å². The van der Waals surface area contributed by atoms with Crippen molar-refractivity contribution in [3.8, 4) is 0 Å². The van der Waals surface area contributed by atoms with Crippen molar-refractivity contribution >= 4 is 11.4 Å². The minimum Gasteiger partial charge on any atom is -0.619 e. The summed E-state index contributed by atoms with van der Waals surface area (Å²) in [4.78, 5) is 12.2. The van der Waals surface area contributed by atoms with Crippen LogP contribution in [0.4, 0.5) is 11.4 Å². The molecule has 0 aliphatic heterocycles. The van der Waals surface area contributed by atoms with Crippen molar-refractivity contribution in [2.24, 2.45) is 0 Å². The molecule has 0 radical (unpaired) electrons. The molecule has 0 aliphatic rings. The van der Waals surface area contributed by atoms with Gasteiger partial charge in [0, 0.05) is 18.2 Å². The molecule has 0 bridgehead atoms. The molecule has 0 amide bonds. The Morgan fingerprint density at radius 3 is 2.56 bits per heavy atom. The number of pyridine rings is 1. The molecule has 5 nitrogen and oxygen atoms in total. The first-order valence-corrected chi connectivity index (χ1v) is 4.73. The first-order chi connectivity index (χ1) is 7.75. The summed E-state index contributed by atoms with van der Waals surface area (Å²) in [5.74, 6) is 0. The van der Waals surface area contributed by atoms with Crippen molar-refractivity contribution in [1.29, 1.82) is 0 Å². The zero-order chi connectivity index (χ0) is 11.4. The summed E-state index contributed by atoms with van der Waals surface area (Å²) < 4.78 is 0.626. The van der Waals surface area contributed by atoms with Gasteiger partial charge in [0.2, 0.25) is 6.20 Å². The Kier molecular flexibility index (Phi) is 2.77. The van der Waals surface area contributed by atoms with Crippen LogP contribution in [0.15, 0.2) is 54.9 Å². The summed E-state index contributed by atoms with van der Waals surface area (Å²) in [7, 11) is 0. The maximum Gasteiger partial charge on any atom is 0.292 e. The molecule has 2 rings (SSSR count). The molecule has 1 aromatic carbocycles. The number of rotatable bonds is 3. The lowest BCUT2D eigenvalue weighted by atomic mass is 10.3. The monoisotopic (exact) mass is 216 g/mol. The van der Waals surface area contributed by atoms with Crippen LogP contribution in [-0.2, 0) is 0 Å². The Bertz CT molecular complexity index is 500. The Morgan fingerprint density at radius 1 is 1.12 bits per heavy atom. The predicted molar refractivity (Wildman–Crippen MR) is 58.8 cm³/mol. The highest BCUT2D eigenvalue weighted by molar-refractivity contribution is 5.37. The molecule has 0 saturated heterocycles. The number of hydrogen-bond acceptors (Lipinski definition) is 2. The first kappa shape index (κ1) is 10.1. The highest BCUT2D eigenvalue weighted by Crippen LogP contribution is 2.11. The van der Waals surface area contributed by atoms with E-state index in [1.165, 1.54) is 12.4 Å². The van der Waals surface area contributed by atoms with Crippen molar-refractivity contribution in [2.75, 3.05) is 5.43 Å². The van der Waals surface area contributed by atoms with E-state index >= 15 is 0 Å². The zero-order valence-corrected chi connectivity index (χ0v) is 8.41. The number of benzene rings is 1. The Balaban J connectivity index is 2.14. The third-order valence-corrected chi connectivity index (χ3v) is 2.00. The Morgan fingerprint density at radius 2 is 1.88 bits per heavy atom. The lowest BCUT2D eigenvalue weighted by molar-refractivity contribution is -0.605. The summed E-state index contributed by atoms with van der Waals surface area (Å²) in [5.41, 5.74) is 3.47. The fourth-order valence-electron chi connectivity index (χ4n) is 1.27. The first-order valence-electron chi connectivity index (χ1n) is 4.73. The van der Waals surface area contributed by atoms with Crippen LogP contribution in [0, 0.1) is 10.1 Å². The van der Waals surface area contributed by atoms with Crippen LogP contribution in [0.3, 0.4) is 0 Å². The molecular formula is C11H10N3O2+. The van der Waals surface area contributed by atoms with Gasteiger partial charge in [0.25, 0.3) is 5.69 Å². The standard InChI is InChI=1S/C11H10N3O2/c15-13-8-4-5-10(9-13)12-14(16)11-6-2-1-3-7-11/h1-9H,(H,12,16)/q+1. The van der Waals surface area contributed by atoms with Gasteiger partial charge in [-0.15, -0.1) is 5.43 Å². The zero-order valence-electron chi connectivity index (χ0n) is 8.41. The summed E-state index contributed by atoms with van der Waals surface area (Å²) in [5, 5.41) is 11.0. The lowest BCUT2D eigenvalue weighted by Crippen LogP contribution is -2.25. The van der Waals surface area contributed by atoms with E-state index in [2.05, 4.69) is 5.43 Å². The second kappa shape index (κ2) is 4.39. The normalized spacial score (nSPS) is 9.75. The van der Waals surface area contributed by atoms with Crippen LogP contribution in [0.2, 0.25) is 0 Å². The van der Waals surface area contributed by atoms with Crippen molar-refractivity contribution in [2.45, 2.75) is 0 Å². The van der Waals surface area contributed by atoms with Crippen molar-refractivity contribution in [1.82, 2.24) is 0 Å². The average molecular weight is 216 g/mol. The predicted octanol–water partition coefficient (Wildman–Crippen LogP) is 1.76. The Labute approximate surface area is 92.1 Å². The van der Waals surface area contributed by atoms with E-state index in [-0.39, 0.29) is 0 Å². The Hall–Kier alpha value is -2.43. The maximum atomic E-state index is 11.6. The molecule has 5 heteroatoms. The average Bonchev–Trinajstić information content (AvgIpc) is 2.30. The summed E-state index contributed by atoms with van der Waals surface area (Å²) in [6, 6.07) is 11.9. The van der Waals surface area contributed by atoms with Gasteiger partial charge in [-0.1, -0.05) is 18.2 Å². The number of nitrogens with zero attached hydrogens (tertiary/aromatic N) is 2. The number of aromatic nitrogens is 1. The molecule has 0 atom stereocenters. The van der Waals surface area contributed by atoms with Crippen LogP contribution in [-0.4, -0.2) is 4.87 Å². The van der Waals surface area contributed by atoms with Gasteiger partial charge in [0.1, 0.15) is 0 Å². The van der Waals surface area contributed by atoms with Crippen LogP contribution in [0.1, 0.15) is 0 Å². The quantitative estimate of drug-likeness (QED) is 0.483. The van der Waals surface area contributed by atoms with Crippen LogP contribution < -0.4 is 10.2 Å². The van der Waals surface area contributed by atoms with Gasteiger partial charge in [-0.2, -0.15) is 4.73 Å². The molecule has 16 heavy (non-hydrogen) atoms. The molecule has 1 aromatic heterocycles. The van der Waals surface area contributed by atoms with Gasteiger partial charge in [-0.3, -0.25) is 0 Å². The van der Waals surface area contributed by atoms with Gasteiger partial charge >= 0.3 is 0 Å². The van der Waals surface area contributed by atoms with E-state index in [0.717, 1.165) is 0 Å². The smallest absolute Gasteiger partial charge is 0.292 e. The number of nitrogens with one attached hydrogen (secondary N) is 1. The number of nitroso groups, excluding NO2 is 1. The molecule has 80 valence electrons. The highest BCUT2D eigenvalue weighted by Gasteiger charge is 2.13. The van der Waals surface area contributed by atoms with E-state index in [1.807, 2.05) is 6.07 Å². The minimum atomic E-state index is 0.441. The minimum absolute atomic E-state index is 0.441. The van der Waals surface area contributed by atoms with E-state index in [9.17, 15) is 10.1 Å². The number of anilines is 1. The van der Waals surface area contributed by atoms with E-state index in [4.69, 9.17) is 0 Å². The second-order valence-electron chi connectivity index (χ2n) is 3.19. The molecule has 0 unspecified atom stereocenters. The highest BCUT2D eigenvalue weighted by atomic mass is 16.5. The lowest BCUT2D eigenvalue weighted by Gasteiger charge is -1.97. The van der Waals surface area contributed by atoms with E-state index in [0.29, 0.717) is 21.0 Å². The van der Waals surface area contributed by atoms with Gasteiger partial charge in [-0.05, 0) is 6.07 Å². The molecule has 0 fully saturated rings. The topological polar surface area (TPSA) is 59.0 Å². The van der Waals surface area contributed by atoms with Gasteiger partial charge < -0.3 is 5.21 Å². The van der Waals surface area contributed by atoms with Crippen LogP contribution >= 0.6 is 0 Å². The molecule has 0 aliphatic carbocycles. The molecule has 0 saturated carbocycles. The van der Waals surface area contributed by atoms with Gasteiger partial charge in [0.05, 0.1) is 4.91 Å². The summed E-state index contributed by atoms with van der Waals surface area (Å²) in [6.45, 7) is 0. The SMILES string of the molecule is O=[N+](Nc1ccc[n+]([O-])c1)c1ccccc1. The van der Waals surface area contributed by atoms with Crippen LogP contribution in [0.25, 0.3) is 0 Å². The number of hydrazine groups is 1. The summed E-state index contributed by atoms with van der Waals surface area (Å²) in [6.07, 6.45) is 2.64. The van der Waals surface area contributed by atoms with Crippen LogP contribution in [0.5, 0.6) is 0 Å². The third-order valence-electron chi connectivity index (χ3n) is 2.00. The van der Waals surface area contributed by atoms with E-state index in [1.54, 1.807) is 36.4 Å². The summed E-state index contributed by atoms with van der Waals surface area (Å²) >= 11 is 0. The number of para-hydroxylation sites is 1. The fraction of sp³-hybridized carbons (Fsp3) is 0. The molecule has 1 heterocycles. The largest absolute Gasteiger partial charge is 0.619 e. The van der Waals surface area contributed by atoms with Crippen molar-refractivity contribution < 1.29 is 9.60 Å². The third kappa shape index (κ3) is 2.33. The second-order valence-corrected chi connectivity index (χ2v) is 3.19.